The molecule has 7 unspecified atom stereocenters. The molecule has 3 rings (SSSR count). The first-order valence-electron chi connectivity index (χ1n) is 6.95. The maximum absolute atomic E-state index is 11.8. The lowest BCUT2D eigenvalue weighted by Gasteiger charge is -2.52. The highest BCUT2D eigenvalue weighted by Gasteiger charge is 2.62. The first-order valence-corrected chi connectivity index (χ1v) is 6.95. The molecule has 19 heavy (non-hydrogen) atoms. The summed E-state index contributed by atoms with van der Waals surface area (Å²) in [5, 5.41) is 10.1. The molecule has 0 amide bonds. The Balaban J connectivity index is 1.99. The third-order valence-corrected chi connectivity index (χ3v) is 5.52. The summed E-state index contributed by atoms with van der Waals surface area (Å²) in [6.45, 7) is 5.62. The normalized spacial score (nSPS) is 53.1. The van der Waals surface area contributed by atoms with E-state index in [9.17, 15) is 14.7 Å². The van der Waals surface area contributed by atoms with Crippen molar-refractivity contribution in [2.75, 3.05) is 0 Å². The summed E-state index contributed by atoms with van der Waals surface area (Å²) in [4.78, 5) is 23.6. The van der Waals surface area contributed by atoms with Crippen LogP contribution in [0.5, 0.6) is 0 Å². The second-order valence-electron chi connectivity index (χ2n) is 6.50. The van der Waals surface area contributed by atoms with Crippen molar-refractivity contribution >= 4 is 11.9 Å². The quantitative estimate of drug-likeness (QED) is 0.666. The molecule has 2 heterocycles. The SMILES string of the molecule is CC1C(=O)OC2C1CCC1(C)C(O)OC(=O)C(C)C21. The lowest BCUT2D eigenvalue weighted by atomic mass is 9.56. The summed E-state index contributed by atoms with van der Waals surface area (Å²) < 4.78 is 10.6. The van der Waals surface area contributed by atoms with Gasteiger partial charge in [0.25, 0.3) is 0 Å². The van der Waals surface area contributed by atoms with Gasteiger partial charge in [0.15, 0.2) is 0 Å². The molecule has 0 aromatic heterocycles. The van der Waals surface area contributed by atoms with Gasteiger partial charge in [0.2, 0.25) is 6.29 Å². The Labute approximate surface area is 112 Å². The maximum atomic E-state index is 11.8. The fourth-order valence-electron chi connectivity index (χ4n) is 4.20. The number of fused-ring (bicyclic) bond motifs is 3. The van der Waals surface area contributed by atoms with Gasteiger partial charge in [0.05, 0.1) is 11.8 Å². The molecule has 1 aliphatic carbocycles. The van der Waals surface area contributed by atoms with Crippen LogP contribution in [0.15, 0.2) is 0 Å². The third kappa shape index (κ3) is 1.57. The Morgan fingerprint density at radius 2 is 1.79 bits per heavy atom. The molecule has 0 aromatic rings. The van der Waals surface area contributed by atoms with Crippen LogP contribution in [0.25, 0.3) is 0 Å². The first kappa shape index (κ1) is 12.9. The van der Waals surface area contributed by atoms with Crippen molar-refractivity contribution in [3.63, 3.8) is 0 Å². The van der Waals surface area contributed by atoms with Gasteiger partial charge >= 0.3 is 11.9 Å². The van der Waals surface area contributed by atoms with Crippen molar-refractivity contribution < 1.29 is 24.2 Å². The molecule has 0 bridgehead atoms. The van der Waals surface area contributed by atoms with Crippen LogP contribution in [-0.4, -0.2) is 29.4 Å². The van der Waals surface area contributed by atoms with Crippen LogP contribution in [0, 0.1) is 29.1 Å². The van der Waals surface area contributed by atoms with Gasteiger partial charge in [-0.25, -0.2) is 0 Å². The van der Waals surface area contributed by atoms with Crippen molar-refractivity contribution in [1.82, 2.24) is 0 Å². The van der Waals surface area contributed by atoms with Crippen LogP contribution in [0.3, 0.4) is 0 Å². The molecule has 0 aromatic carbocycles. The van der Waals surface area contributed by atoms with Crippen molar-refractivity contribution in [3.05, 3.63) is 0 Å². The molecular formula is C14H20O5. The first-order chi connectivity index (χ1) is 8.86. The van der Waals surface area contributed by atoms with E-state index in [0.717, 1.165) is 12.8 Å². The highest BCUT2D eigenvalue weighted by Crippen LogP contribution is 2.56. The summed E-state index contributed by atoms with van der Waals surface area (Å²) >= 11 is 0. The Morgan fingerprint density at radius 1 is 1.16 bits per heavy atom. The highest BCUT2D eigenvalue weighted by atomic mass is 16.6. The predicted molar refractivity (Wildman–Crippen MR) is 64.6 cm³/mol. The summed E-state index contributed by atoms with van der Waals surface area (Å²) in [6.07, 6.45) is 0.209. The summed E-state index contributed by atoms with van der Waals surface area (Å²) in [7, 11) is 0. The van der Waals surface area contributed by atoms with Gasteiger partial charge in [-0.2, -0.15) is 0 Å². The van der Waals surface area contributed by atoms with Crippen LogP contribution in [0.1, 0.15) is 33.6 Å². The van der Waals surface area contributed by atoms with E-state index in [1.165, 1.54) is 0 Å². The zero-order valence-corrected chi connectivity index (χ0v) is 11.5. The minimum atomic E-state index is -1.10. The molecule has 5 nitrogen and oxygen atoms in total. The van der Waals surface area contributed by atoms with Gasteiger partial charge in [0.1, 0.15) is 6.10 Å². The molecule has 0 radical (unpaired) electrons. The molecule has 2 aliphatic heterocycles. The van der Waals surface area contributed by atoms with Crippen molar-refractivity contribution in [1.29, 1.82) is 0 Å². The number of rotatable bonds is 0. The van der Waals surface area contributed by atoms with E-state index in [1.807, 2.05) is 13.8 Å². The Bertz CT molecular complexity index is 434. The number of ether oxygens (including phenoxy) is 2. The standard InChI is InChI=1S/C14H20O5/c1-6-8-4-5-14(3)9(10(8)18-11(6)15)7(2)12(16)19-13(14)17/h6-10,13,17H,4-5H2,1-3H3. The zero-order valence-electron chi connectivity index (χ0n) is 11.5. The van der Waals surface area contributed by atoms with Crippen LogP contribution in [0.4, 0.5) is 0 Å². The van der Waals surface area contributed by atoms with E-state index in [0.29, 0.717) is 0 Å². The second-order valence-corrected chi connectivity index (χ2v) is 6.50. The molecule has 1 N–H and O–H groups in total. The molecule has 5 heteroatoms. The Hall–Kier alpha value is -1.10. The molecular weight excluding hydrogens is 248 g/mol. The van der Waals surface area contributed by atoms with Crippen LogP contribution < -0.4 is 0 Å². The number of aliphatic hydroxyl groups excluding tert-OH is 1. The average Bonchev–Trinajstić information content (AvgIpc) is 2.63. The maximum Gasteiger partial charge on any atom is 0.311 e. The number of aliphatic hydroxyl groups is 1. The monoisotopic (exact) mass is 268 g/mol. The van der Waals surface area contributed by atoms with Gasteiger partial charge in [-0.3, -0.25) is 9.59 Å². The number of hydrogen-bond donors (Lipinski definition) is 1. The largest absolute Gasteiger partial charge is 0.461 e. The fraction of sp³-hybridized carbons (Fsp3) is 0.857. The lowest BCUT2D eigenvalue weighted by Crippen LogP contribution is -2.59. The average molecular weight is 268 g/mol. The van der Waals surface area contributed by atoms with E-state index in [4.69, 9.17) is 9.47 Å². The number of carbonyl (C=O) groups is 2. The van der Waals surface area contributed by atoms with Crippen molar-refractivity contribution in [2.45, 2.75) is 46.0 Å². The summed E-state index contributed by atoms with van der Waals surface area (Å²) in [6, 6.07) is 0. The van der Waals surface area contributed by atoms with Crippen molar-refractivity contribution in [3.8, 4) is 0 Å². The smallest absolute Gasteiger partial charge is 0.311 e. The molecule has 1 saturated carbocycles. The van der Waals surface area contributed by atoms with E-state index < -0.39 is 17.7 Å². The Kier molecular flexibility index (Phi) is 2.68. The molecule has 7 atom stereocenters. The summed E-state index contributed by atoms with van der Waals surface area (Å²) in [5.74, 6) is -1.04. The minimum Gasteiger partial charge on any atom is -0.461 e. The van der Waals surface area contributed by atoms with Gasteiger partial charge < -0.3 is 14.6 Å². The lowest BCUT2D eigenvalue weighted by molar-refractivity contribution is -0.254. The number of esters is 2. The van der Waals surface area contributed by atoms with E-state index in [2.05, 4.69) is 0 Å². The molecule has 0 spiro atoms. The van der Waals surface area contributed by atoms with E-state index in [1.54, 1.807) is 6.92 Å². The molecule has 3 aliphatic rings. The molecule has 3 fully saturated rings. The van der Waals surface area contributed by atoms with E-state index >= 15 is 0 Å². The third-order valence-electron chi connectivity index (χ3n) is 5.52. The number of carbonyl (C=O) groups excluding carboxylic acids is 2. The fourth-order valence-corrected chi connectivity index (χ4v) is 4.20. The number of hydrogen-bond acceptors (Lipinski definition) is 5. The van der Waals surface area contributed by atoms with Gasteiger partial charge in [0, 0.05) is 17.3 Å². The second kappa shape index (κ2) is 3.95. The van der Waals surface area contributed by atoms with E-state index in [-0.39, 0.29) is 35.7 Å². The summed E-state index contributed by atoms with van der Waals surface area (Å²) in [5.41, 5.74) is -0.515. The van der Waals surface area contributed by atoms with Gasteiger partial charge in [-0.1, -0.05) is 20.8 Å². The predicted octanol–water partition coefficient (Wildman–Crippen LogP) is 1.09. The molecule has 106 valence electrons. The zero-order chi connectivity index (χ0) is 13.9. The topological polar surface area (TPSA) is 72.8 Å². The van der Waals surface area contributed by atoms with Crippen LogP contribution in [0.2, 0.25) is 0 Å². The van der Waals surface area contributed by atoms with Gasteiger partial charge in [-0.15, -0.1) is 0 Å². The number of cyclic esters (lactones) is 1. The van der Waals surface area contributed by atoms with Gasteiger partial charge in [-0.05, 0) is 12.8 Å². The van der Waals surface area contributed by atoms with Crippen LogP contribution >= 0.6 is 0 Å². The Morgan fingerprint density at radius 3 is 2.47 bits per heavy atom. The highest BCUT2D eigenvalue weighted by molar-refractivity contribution is 5.76. The van der Waals surface area contributed by atoms with Crippen LogP contribution in [-0.2, 0) is 19.1 Å². The van der Waals surface area contributed by atoms with Crippen molar-refractivity contribution in [2.24, 2.45) is 29.1 Å². The minimum absolute atomic E-state index is 0.114. The molecule has 2 saturated heterocycles.